The van der Waals surface area contributed by atoms with Crippen molar-refractivity contribution in [1.82, 2.24) is 14.5 Å². The highest BCUT2D eigenvalue weighted by Crippen LogP contribution is 2.25. The first kappa shape index (κ1) is 21.6. The van der Waals surface area contributed by atoms with Crippen LogP contribution in [0.15, 0.2) is 64.5 Å². The summed E-state index contributed by atoms with van der Waals surface area (Å²) in [6, 6.07) is 17.3. The fourth-order valence-electron chi connectivity index (χ4n) is 3.84. The van der Waals surface area contributed by atoms with Gasteiger partial charge in [-0.2, -0.15) is 0 Å². The number of nitrogens with zero attached hydrogens (tertiary/aromatic N) is 3. The van der Waals surface area contributed by atoms with Gasteiger partial charge in [-0.3, -0.25) is 14.2 Å². The molecule has 0 saturated carbocycles. The number of rotatable bonds is 7. The fraction of sp³-hybridized carbons (Fsp3) is 0.375. The number of aromatic nitrogens is 2. The Morgan fingerprint density at radius 2 is 1.97 bits per heavy atom. The average molecular weight is 438 g/mol. The van der Waals surface area contributed by atoms with Gasteiger partial charge >= 0.3 is 0 Å². The third-order valence-electron chi connectivity index (χ3n) is 5.51. The lowest BCUT2D eigenvalue weighted by atomic mass is 10.2. The van der Waals surface area contributed by atoms with Gasteiger partial charge in [0.1, 0.15) is 0 Å². The van der Waals surface area contributed by atoms with Crippen LogP contribution in [0.5, 0.6) is 0 Å². The second-order valence-corrected chi connectivity index (χ2v) is 9.21. The number of amides is 1. The standard InChI is InChI=1S/C24H27N3O3S/c1-17(22(28)26(2)15-18-9-4-3-5-10-18)31-24-25-21-13-7-6-12-20(21)23(29)27(24)16-19-11-8-14-30-19/h3-7,9-10,12-13,17,19H,8,11,14-16H2,1-2H3/t17-,19+/m0/s1. The van der Waals surface area contributed by atoms with Gasteiger partial charge in [0, 0.05) is 20.2 Å². The molecule has 7 heteroatoms. The van der Waals surface area contributed by atoms with Crippen LogP contribution in [0.4, 0.5) is 0 Å². The van der Waals surface area contributed by atoms with E-state index in [9.17, 15) is 9.59 Å². The lowest BCUT2D eigenvalue weighted by molar-refractivity contribution is -0.129. The van der Waals surface area contributed by atoms with E-state index < -0.39 is 0 Å². The zero-order valence-corrected chi connectivity index (χ0v) is 18.7. The van der Waals surface area contributed by atoms with Gasteiger partial charge in [-0.1, -0.05) is 54.2 Å². The predicted molar refractivity (Wildman–Crippen MR) is 123 cm³/mol. The zero-order chi connectivity index (χ0) is 21.8. The van der Waals surface area contributed by atoms with Gasteiger partial charge in [0.25, 0.3) is 5.56 Å². The lowest BCUT2D eigenvalue weighted by Crippen LogP contribution is -2.34. The van der Waals surface area contributed by atoms with Crippen molar-refractivity contribution in [3.05, 3.63) is 70.5 Å². The zero-order valence-electron chi connectivity index (χ0n) is 17.9. The normalized spacial score (nSPS) is 17.0. The molecule has 0 unspecified atom stereocenters. The van der Waals surface area contributed by atoms with E-state index in [0.717, 1.165) is 25.0 Å². The molecule has 1 fully saturated rings. The van der Waals surface area contributed by atoms with E-state index in [4.69, 9.17) is 9.72 Å². The number of hydrogen-bond acceptors (Lipinski definition) is 5. The Morgan fingerprint density at radius 3 is 2.71 bits per heavy atom. The van der Waals surface area contributed by atoms with Crippen LogP contribution in [0.25, 0.3) is 10.9 Å². The van der Waals surface area contributed by atoms with Crippen LogP contribution in [-0.4, -0.2) is 45.4 Å². The highest BCUT2D eigenvalue weighted by molar-refractivity contribution is 8.00. The third kappa shape index (κ3) is 4.99. The van der Waals surface area contributed by atoms with E-state index in [1.54, 1.807) is 22.6 Å². The first-order valence-corrected chi connectivity index (χ1v) is 11.5. The van der Waals surface area contributed by atoms with Crippen molar-refractivity contribution >= 4 is 28.6 Å². The molecule has 2 aromatic carbocycles. The summed E-state index contributed by atoms with van der Waals surface area (Å²) >= 11 is 1.33. The van der Waals surface area contributed by atoms with E-state index in [1.165, 1.54) is 11.8 Å². The van der Waals surface area contributed by atoms with Crippen molar-refractivity contribution < 1.29 is 9.53 Å². The molecule has 1 aromatic heterocycles. The van der Waals surface area contributed by atoms with Gasteiger partial charge in [-0.15, -0.1) is 0 Å². The summed E-state index contributed by atoms with van der Waals surface area (Å²) in [5.41, 5.74) is 1.64. The molecule has 1 saturated heterocycles. The second kappa shape index (κ2) is 9.66. The van der Waals surface area contributed by atoms with Gasteiger partial charge in [0.05, 0.1) is 28.8 Å². The number of thioether (sulfide) groups is 1. The van der Waals surface area contributed by atoms with Crippen LogP contribution in [0.2, 0.25) is 0 Å². The highest BCUT2D eigenvalue weighted by Gasteiger charge is 2.24. The molecule has 0 aliphatic carbocycles. The summed E-state index contributed by atoms with van der Waals surface area (Å²) in [6.07, 6.45) is 1.94. The van der Waals surface area contributed by atoms with Crippen LogP contribution in [0, 0.1) is 0 Å². The summed E-state index contributed by atoms with van der Waals surface area (Å²) in [7, 11) is 1.81. The van der Waals surface area contributed by atoms with Crippen molar-refractivity contribution in [2.24, 2.45) is 0 Å². The molecule has 0 radical (unpaired) electrons. The minimum atomic E-state index is -0.377. The van der Waals surface area contributed by atoms with Gasteiger partial charge in [0.2, 0.25) is 5.91 Å². The third-order valence-corrected chi connectivity index (χ3v) is 6.58. The van der Waals surface area contributed by atoms with Crippen LogP contribution in [0.3, 0.4) is 0 Å². The van der Waals surface area contributed by atoms with Gasteiger partial charge in [-0.25, -0.2) is 4.98 Å². The quantitative estimate of drug-likeness (QED) is 0.416. The number of para-hydroxylation sites is 1. The SMILES string of the molecule is C[C@H](Sc1nc2ccccc2c(=O)n1C[C@H]1CCCO1)C(=O)N(C)Cc1ccccc1. The van der Waals surface area contributed by atoms with Crippen molar-refractivity contribution in [1.29, 1.82) is 0 Å². The largest absolute Gasteiger partial charge is 0.376 e. The van der Waals surface area contributed by atoms with Crippen molar-refractivity contribution in [3.63, 3.8) is 0 Å². The molecule has 1 amide bonds. The van der Waals surface area contributed by atoms with E-state index in [-0.39, 0.29) is 22.8 Å². The van der Waals surface area contributed by atoms with Gasteiger partial charge in [0.15, 0.2) is 5.16 Å². The number of carbonyl (C=O) groups excluding carboxylic acids is 1. The molecular formula is C24H27N3O3S. The van der Waals surface area contributed by atoms with Gasteiger partial charge < -0.3 is 9.64 Å². The maximum absolute atomic E-state index is 13.2. The summed E-state index contributed by atoms with van der Waals surface area (Å²) in [6.45, 7) is 3.59. The summed E-state index contributed by atoms with van der Waals surface area (Å²) in [5, 5.41) is 0.774. The van der Waals surface area contributed by atoms with Crippen molar-refractivity contribution in [3.8, 4) is 0 Å². The smallest absolute Gasteiger partial charge is 0.262 e. The number of hydrogen-bond donors (Lipinski definition) is 0. The number of benzene rings is 2. The predicted octanol–water partition coefficient (Wildman–Crippen LogP) is 3.71. The number of carbonyl (C=O) groups is 1. The molecule has 162 valence electrons. The maximum Gasteiger partial charge on any atom is 0.262 e. The highest BCUT2D eigenvalue weighted by atomic mass is 32.2. The summed E-state index contributed by atoms with van der Waals surface area (Å²) in [4.78, 5) is 32.7. The van der Waals surface area contributed by atoms with Crippen LogP contribution in [-0.2, 0) is 22.6 Å². The first-order valence-electron chi connectivity index (χ1n) is 10.6. The van der Waals surface area contributed by atoms with Crippen molar-refractivity contribution in [2.75, 3.05) is 13.7 Å². The minimum Gasteiger partial charge on any atom is -0.376 e. The van der Waals surface area contributed by atoms with E-state index in [1.807, 2.05) is 55.5 Å². The molecule has 4 rings (SSSR count). The van der Waals surface area contributed by atoms with Crippen LogP contribution in [0.1, 0.15) is 25.3 Å². The Hall–Kier alpha value is -2.64. The van der Waals surface area contributed by atoms with Gasteiger partial charge in [-0.05, 0) is 37.5 Å². The second-order valence-electron chi connectivity index (χ2n) is 7.90. The molecule has 6 nitrogen and oxygen atoms in total. The Balaban J connectivity index is 1.58. The number of fused-ring (bicyclic) bond motifs is 1. The average Bonchev–Trinajstić information content (AvgIpc) is 3.30. The molecule has 0 bridgehead atoms. The summed E-state index contributed by atoms with van der Waals surface area (Å²) in [5.74, 6) is -0.0000676. The van der Waals surface area contributed by atoms with Crippen molar-refractivity contribution in [2.45, 2.75) is 49.4 Å². The first-order chi connectivity index (χ1) is 15.0. The summed E-state index contributed by atoms with van der Waals surface area (Å²) < 4.78 is 7.45. The van der Waals surface area contributed by atoms with E-state index >= 15 is 0 Å². The molecule has 0 spiro atoms. The molecule has 31 heavy (non-hydrogen) atoms. The monoisotopic (exact) mass is 437 g/mol. The molecule has 3 aromatic rings. The molecule has 1 aliphatic rings. The Kier molecular flexibility index (Phi) is 6.73. The Morgan fingerprint density at radius 1 is 1.23 bits per heavy atom. The number of ether oxygens (including phenoxy) is 1. The van der Waals surface area contributed by atoms with E-state index in [0.29, 0.717) is 29.1 Å². The minimum absolute atomic E-state index is 0.0000676. The molecule has 2 heterocycles. The van der Waals surface area contributed by atoms with Crippen LogP contribution >= 0.6 is 11.8 Å². The van der Waals surface area contributed by atoms with Crippen LogP contribution < -0.4 is 5.56 Å². The molecule has 2 atom stereocenters. The lowest BCUT2D eigenvalue weighted by Gasteiger charge is -2.22. The fourth-order valence-corrected chi connectivity index (χ4v) is 4.88. The Bertz CT molecular complexity index is 1110. The molecule has 0 N–H and O–H groups in total. The Labute approximate surface area is 186 Å². The molecular weight excluding hydrogens is 410 g/mol. The topological polar surface area (TPSA) is 64.4 Å². The molecule has 1 aliphatic heterocycles. The van der Waals surface area contributed by atoms with E-state index in [2.05, 4.69) is 0 Å². The maximum atomic E-state index is 13.2.